The molecule has 1 unspecified atom stereocenters. The van der Waals surface area contributed by atoms with Crippen LogP contribution >= 0.6 is 0 Å². The summed E-state index contributed by atoms with van der Waals surface area (Å²) in [5, 5.41) is 8.59. The molecule has 0 aliphatic carbocycles. The highest BCUT2D eigenvalue weighted by Gasteiger charge is 2.13. The molecule has 5 nitrogen and oxygen atoms in total. The normalized spacial score (nSPS) is 11.9. The van der Waals surface area contributed by atoms with E-state index in [1.165, 1.54) is 0 Å². The second kappa shape index (κ2) is 6.86. The van der Waals surface area contributed by atoms with Crippen LogP contribution in [0.1, 0.15) is 30.9 Å². The molecule has 0 saturated heterocycles. The molecule has 0 fully saturated rings. The van der Waals surface area contributed by atoms with Crippen molar-refractivity contribution in [2.75, 3.05) is 14.2 Å². The summed E-state index contributed by atoms with van der Waals surface area (Å²) in [5.74, 6) is 0.595. The fraction of sp³-hybridized carbons (Fsp3) is 0.462. The predicted molar refractivity (Wildman–Crippen MR) is 68.0 cm³/mol. The van der Waals surface area contributed by atoms with Gasteiger partial charge in [0, 0.05) is 18.0 Å². The number of hydrogen-bond acceptors (Lipinski definition) is 4. The van der Waals surface area contributed by atoms with Crippen LogP contribution in [-0.4, -0.2) is 25.3 Å². The first-order valence-corrected chi connectivity index (χ1v) is 5.77. The molecule has 1 aromatic rings. The third kappa shape index (κ3) is 3.92. The van der Waals surface area contributed by atoms with Crippen molar-refractivity contribution in [3.8, 4) is 11.5 Å². The van der Waals surface area contributed by atoms with E-state index >= 15 is 0 Å². The van der Waals surface area contributed by atoms with Crippen molar-refractivity contribution in [3.05, 3.63) is 23.8 Å². The Morgan fingerprint density at radius 3 is 2.67 bits per heavy atom. The summed E-state index contributed by atoms with van der Waals surface area (Å²) in [6.07, 6.45) is 1.26. The van der Waals surface area contributed by atoms with Crippen LogP contribution in [0.15, 0.2) is 18.2 Å². The Kier molecular flexibility index (Phi) is 5.45. The van der Waals surface area contributed by atoms with E-state index < -0.39 is 5.97 Å². The highest BCUT2D eigenvalue weighted by atomic mass is 16.5. The number of benzene rings is 1. The molecule has 0 aliphatic rings. The van der Waals surface area contributed by atoms with Gasteiger partial charge in [-0.2, -0.15) is 0 Å². The molecule has 1 atom stereocenters. The first-order chi connectivity index (χ1) is 8.58. The fourth-order valence-corrected chi connectivity index (χ4v) is 1.76. The molecule has 1 rings (SSSR count). The van der Waals surface area contributed by atoms with E-state index in [1.54, 1.807) is 26.4 Å². The van der Waals surface area contributed by atoms with Gasteiger partial charge in [-0.1, -0.05) is 0 Å². The van der Waals surface area contributed by atoms with Gasteiger partial charge >= 0.3 is 5.97 Å². The van der Waals surface area contributed by atoms with Gasteiger partial charge in [-0.15, -0.1) is 0 Å². The maximum atomic E-state index is 10.5. The minimum Gasteiger partial charge on any atom is -0.497 e. The van der Waals surface area contributed by atoms with E-state index in [0.29, 0.717) is 24.3 Å². The maximum absolute atomic E-state index is 10.5. The second-order valence-corrected chi connectivity index (χ2v) is 4.00. The van der Waals surface area contributed by atoms with Gasteiger partial charge in [0.05, 0.1) is 14.2 Å². The summed E-state index contributed by atoms with van der Waals surface area (Å²) < 4.78 is 10.4. The van der Waals surface area contributed by atoms with Crippen LogP contribution in [0, 0.1) is 0 Å². The Bertz CT molecular complexity index is 406. The highest BCUT2D eigenvalue weighted by molar-refractivity contribution is 5.66. The van der Waals surface area contributed by atoms with Crippen molar-refractivity contribution in [2.24, 2.45) is 5.73 Å². The molecule has 5 heteroatoms. The Morgan fingerprint density at radius 2 is 2.11 bits per heavy atom. The summed E-state index contributed by atoms with van der Waals surface area (Å²) in [6, 6.07) is 5.16. The van der Waals surface area contributed by atoms with Gasteiger partial charge in [-0.25, -0.2) is 0 Å². The van der Waals surface area contributed by atoms with E-state index in [0.717, 1.165) is 5.56 Å². The van der Waals surface area contributed by atoms with Gasteiger partial charge in [0.15, 0.2) is 0 Å². The molecule has 0 amide bonds. The van der Waals surface area contributed by atoms with E-state index in [4.69, 9.17) is 20.3 Å². The minimum atomic E-state index is -0.806. The number of nitrogens with two attached hydrogens (primary N) is 1. The van der Waals surface area contributed by atoms with E-state index in [-0.39, 0.29) is 12.5 Å². The lowest BCUT2D eigenvalue weighted by atomic mass is 10.0. The molecule has 1 aromatic carbocycles. The molecule has 3 N–H and O–H groups in total. The Balaban J connectivity index is 2.75. The first kappa shape index (κ1) is 14.3. The van der Waals surface area contributed by atoms with Crippen LogP contribution in [0.3, 0.4) is 0 Å². The Hall–Kier alpha value is -1.75. The van der Waals surface area contributed by atoms with E-state index in [2.05, 4.69) is 0 Å². The molecular formula is C13H19NO4. The Morgan fingerprint density at radius 1 is 1.39 bits per heavy atom. The molecular weight excluding hydrogens is 234 g/mol. The SMILES string of the molecule is COc1ccc(OC)c(C(N)CCCC(=O)O)c1. The van der Waals surface area contributed by atoms with Crippen LogP contribution in [0.5, 0.6) is 11.5 Å². The second-order valence-electron chi connectivity index (χ2n) is 4.00. The smallest absolute Gasteiger partial charge is 0.303 e. The van der Waals surface area contributed by atoms with Crippen LogP contribution in [0.25, 0.3) is 0 Å². The van der Waals surface area contributed by atoms with Crippen molar-refractivity contribution in [3.63, 3.8) is 0 Å². The third-order valence-electron chi connectivity index (χ3n) is 2.74. The lowest BCUT2D eigenvalue weighted by Crippen LogP contribution is -2.12. The summed E-state index contributed by atoms with van der Waals surface area (Å²) in [6.45, 7) is 0. The number of ether oxygens (including phenoxy) is 2. The van der Waals surface area contributed by atoms with Crippen LogP contribution < -0.4 is 15.2 Å². The van der Waals surface area contributed by atoms with Crippen LogP contribution in [0.4, 0.5) is 0 Å². The summed E-state index contributed by atoms with van der Waals surface area (Å²) in [7, 11) is 3.16. The number of carboxylic acids is 1. The van der Waals surface area contributed by atoms with Gasteiger partial charge in [-0.05, 0) is 31.0 Å². The third-order valence-corrected chi connectivity index (χ3v) is 2.74. The Labute approximate surface area is 107 Å². The van der Waals surface area contributed by atoms with E-state index in [1.807, 2.05) is 6.07 Å². The summed E-state index contributed by atoms with van der Waals surface area (Å²) >= 11 is 0. The molecule has 0 aliphatic heterocycles. The molecule has 100 valence electrons. The van der Waals surface area contributed by atoms with Gasteiger partial charge in [0.2, 0.25) is 0 Å². The zero-order valence-electron chi connectivity index (χ0n) is 10.7. The molecule has 0 heterocycles. The summed E-state index contributed by atoms with van der Waals surface area (Å²) in [4.78, 5) is 10.5. The predicted octanol–water partition coefficient (Wildman–Crippen LogP) is 1.96. The average Bonchev–Trinajstić information content (AvgIpc) is 2.37. The number of carboxylic acid groups (broad SMARTS) is 1. The number of methoxy groups -OCH3 is 2. The average molecular weight is 253 g/mol. The number of hydrogen-bond donors (Lipinski definition) is 2. The zero-order valence-corrected chi connectivity index (χ0v) is 10.7. The zero-order chi connectivity index (χ0) is 13.5. The van der Waals surface area contributed by atoms with Gasteiger partial charge < -0.3 is 20.3 Å². The van der Waals surface area contributed by atoms with Gasteiger partial charge in [-0.3, -0.25) is 4.79 Å². The first-order valence-electron chi connectivity index (χ1n) is 5.77. The largest absolute Gasteiger partial charge is 0.497 e. The van der Waals surface area contributed by atoms with Crippen LogP contribution in [-0.2, 0) is 4.79 Å². The standard InChI is InChI=1S/C13H19NO4/c1-17-9-6-7-12(18-2)10(8-9)11(14)4-3-5-13(15)16/h6-8,11H,3-5,14H2,1-2H3,(H,15,16). The lowest BCUT2D eigenvalue weighted by Gasteiger charge is -2.16. The topological polar surface area (TPSA) is 81.8 Å². The van der Waals surface area contributed by atoms with Crippen molar-refractivity contribution in [2.45, 2.75) is 25.3 Å². The quantitative estimate of drug-likeness (QED) is 0.776. The van der Waals surface area contributed by atoms with E-state index in [9.17, 15) is 4.79 Å². The van der Waals surface area contributed by atoms with Crippen LogP contribution in [0.2, 0.25) is 0 Å². The fourth-order valence-electron chi connectivity index (χ4n) is 1.76. The van der Waals surface area contributed by atoms with Gasteiger partial charge in [0.25, 0.3) is 0 Å². The summed E-state index contributed by atoms with van der Waals surface area (Å²) in [5.41, 5.74) is 6.89. The number of rotatable bonds is 7. The van der Waals surface area contributed by atoms with Crippen molar-refractivity contribution in [1.29, 1.82) is 0 Å². The number of carbonyl (C=O) groups is 1. The molecule has 0 aromatic heterocycles. The molecule has 0 saturated carbocycles. The molecule has 18 heavy (non-hydrogen) atoms. The minimum absolute atomic E-state index is 0.125. The number of aliphatic carboxylic acids is 1. The van der Waals surface area contributed by atoms with Gasteiger partial charge in [0.1, 0.15) is 11.5 Å². The maximum Gasteiger partial charge on any atom is 0.303 e. The van der Waals surface area contributed by atoms with Crippen molar-refractivity contribution >= 4 is 5.97 Å². The highest BCUT2D eigenvalue weighted by Crippen LogP contribution is 2.30. The van der Waals surface area contributed by atoms with Crippen molar-refractivity contribution in [1.82, 2.24) is 0 Å². The molecule has 0 spiro atoms. The molecule has 0 radical (unpaired) electrons. The molecule has 0 bridgehead atoms. The monoisotopic (exact) mass is 253 g/mol. The lowest BCUT2D eigenvalue weighted by molar-refractivity contribution is -0.137. The van der Waals surface area contributed by atoms with Crippen molar-refractivity contribution < 1.29 is 19.4 Å².